The van der Waals surface area contributed by atoms with Gasteiger partial charge in [-0.2, -0.15) is 0 Å². The van der Waals surface area contributed by atoms with Crippen molar-refractivity contribution in [3.05, 3.63) is 23.0 Å². The van der Waals surface area contributed by atoms with Crippen molar-refractivity contribution < 1.29 is 13.9 Å². The summed E-state index contributed by atoms with van der Waals surface area (Å²) in [5.74, 6) is -0.606. The summed E-state index contributed by atoms with van der Waals surface area (Å²) in [6, 6.07) is -0.408. The quantitative estimate of drug-likeness (QED) is 0.245. The van der Waals surface area contributed by atoms with Gasteiger partial charge in [0.15, 0.2) is 0 Å². The van der Waals surface area contributed by atoms with Crippen LogP contribution in [-0.2, 0) is 9.53 Å². The Morgan fingerprint density at radius 3 is 2.50 bits per heavy atom. The van der Waals surface area contributed by atoms with Gasteiger partial charge in [0.25, 0.3) is 0 Å². The van der Waals surface area contributed by atoms with Crippen molar-refractivity contribution in [1.82, 2.24) is 15.5 Å². The third-order valence-corrected chi connectivity index (χ3v) is 9.73. The summed E-state index contributed by atoms with van der Waals surface area (Å²) in [5.41, 5.74) is 7.00. The summed E-state index contributed by atoms with van der Waals surface area (Å²) in [5, 5.41) is 15.4. The minimum Gasteiger partial charge on any atom is -0.491 e. The molecule has 7 nitrogen and oxygen atoms in total. The fourth-order valence-corrected chi connectivity index (χ4v) is 7.98. The predicted molar refractivity (Wildman–Crippen MR) is 150 cm³/mol. The van der Waals surface area contributed by atoms with Crippen molar-refractivity contribution in [3.63, 3.8) is 0 Å². The molecule has 3 unspecified atom stereocenters. The van der Waals surface area contributed by atoms with E-state index in [1.54, 1.807) is 0 Å². The molecule has 1 amide bonds. The number of amides is 1. The molecular formula is C30H50FN5O2. The van der Waals surface area contributed by atoms with Gasteiger partial charge in [-0.25, -0.2) is 4.39 Å². The number of carbonyl (C=O) groups is 1. The summed E-state index contributed by atoms with van der Waals surface area (Å²) in [7, 11) is 0. The highest BCUT2D eigenvalue weighted by atomic mass is 19.1. The van der Waals surface area contributed by atoms with Gasteiger partial charge in [0.05, 0.1) is 11.7 Å². The van der Waals surface area contributed by atoms with Gasteiger partial charge in [0, 0.05) is 31.6 Å². The predicted octanol–water partition coefficient (Wildman–Crippen LogP) is 5.48. The van der Waals surface area contributed by atoms with Gasteiger partial charge in [-0.05, 0) is 83.1 Å². The zero-order valence-corrected chi connectivity index (χ0v) is 24.3. The molecular weight excluding hydrogens is 481 g/mol. The number of halogens is 1. The highest BCUT2D eigenvalue weighted by Crippen LogP contribution is 2.63. The second-order valence-electron chi connectivity index (χ2n) is 13.1. The molecule has 2 aliphatic carbocycles. The second-order valence-corrected chi connectivity index (χ2v) is 13.1. The Labute approximate surface area is 228 Å². The Balaban J connectivity index is 1.73. The van der Waals surface area contributed by atoms with Gasteiger partial charge >= 0.3 is 0 Å². The summed E-state index contributed by atoms with van der Waals surface area (Å²) >= 11 is 0. The van der Waals surface area contributed by atoms with Crippen LogP contribution in [0.3, 0.4) is 0 Å². The molecule has 1 saturated heterocycles. The number of rotatable bonds is 8. The maximum absolute atomic E-state index is 15.2. The zero-order valence-electron chi connectivity index (χ0n) is 24.3. The van der Waals surface area contributed by atoms with E-state index in [1.165, 1.54) is 0 Å². The van der Waals surface area contributed by atoms with E-state index in [4.69, 9.17) is 15.9 Å². The summed E-state index contributed by atoms with van der Waals surface area (Å²) in [6.45, 7) is 12.8. The van der Waals surface area contributed by atoms with Gasteiger partial charge in [0.1, 0.15) is 28.9 Å². The topological polar surface area (TPSA) is 103 Å². The number of fused-ring (bicyclic) bond motifs is 4. The summed E-state index contributed by atoms with van der Waals surface area (Å²) in [4.78, 5) is 16.5. The van der Waals surface area contributed by atoms with Crippen LogP contribution in [0.15, 0.2) is 23.0 Å². The molecule has 38 heavy (non-hydrogen) atoms. The highest BCUT2D eigenvalue weighted by molar-refractivity contribution is 6.02. The van der Waals surface area contributed by atoms with Crippen molar-refractivity contribution in [2.45, 2.75) is 117 Å². The number of nitrogens with two attached hydrogens (primary N) is 1. The highest BCUT2D eigenvalue weighted by Gasteiger charge is 2.60. The largest absolute Gasteiger partial charge is 0.491 e. The first-order valence-electron chi connectivity index (χ1n) is 14.9. The molecule has 0 aromatic heterocycles. The first-order valence-corrected chi connectivity index (χ1v) is 14.9. The van der Waals surface area contributed by atoms with Crippen LogP contribution in [0.2, 0.25) is 0 Å². The van der Waals surface area contributed by atoms with Gasteiger partial charge in [-0.1, -0.05) is 26.7 Å². The minimum atomic E-state index is -0.886. The van der Waals surface area contributed by atoms with Crippen LogP contribution in [0, 0.1) is 22.2 Å². The van der Waals surface area contributed by atoms with Crippen LogP contribution in [0.5, 0.6) is 0 Å². The molecule has 2 aliphatic heterocycles. The first-order chi connectivity index (χ1) is 17.9. The van der Waals surface area contributed by atoms with Crippen molar-refractivity contribution in [2.24, 2.45) is 22.5 Å². The molecule has 0 aromatic rings. The van der Waals surface area contributed by atoms with Crippen molar-refractivity contribution in [3.8, 4) is 0 Å². The molecule has 0 radical (unpaired) electrons. The Bertz CT molecular complexity index is 974. The molecule has 4 rings (SSSR count). The van der Waals surface area contributed by atoms with E-state index in [-0.39, 0.29) is 34.0 Å². The molecule has 1 saturated carbocycles. The normalized spacial score (nSPS) is 28.6. The van der Waals surface area contributed by atoms with Gasteiger partial charge in [-0.15, -0.1) is 0 Å². The van der Waals surface area contributed by atoms with Crippen LogP contribution in [0.4, 0.5) is 4.39 Å². The molecule has 5 N–H and O–H groups in total. The summed E-state index contributed by atoms with van der Waals surface area (Å²) in [6.07, 6.45) is 9.67. The fourth-order valence-electron chi connectivity index (χ4n) is 7.98. The maximum Gasteiger partial charge on any atom is 0.237 e. The Morgan fingerprint density at radius 2 is 1.89 bits per heavy atom. The zero-order chi connectivity index (χ0) is 27.7. The molecule has 8 heteroatoms. The van der Waals surface area contributed by atoms with Crippen LogP contribution >= 0.6 is 0 Å². The monoisotopic (exact) mass is 531 g/mol. The minimum absolute atomic E-state index is 0.0761. The van der Waals surface area contributed by atoms with Crippen molar-refractivity contribution in [1.29, 1.82) is 5.41 Å². The van der Waals surface area contributed by atoms with E-state index in [2.05, 4.69) is 29.4 Å². The standard InChI is InChI=1S/C30H50FN5O2/c1-6-17-36-18-12-23(38-28(3,4)5)22(19-36)35-27(37)24(26(32)33)25-30(13-8-9-14-30)29(7-2)15-10-20(31)21(34-25)11-16-29/h24-25,34H,6-19H2,1-5H3,(H3,32,33)(H,35,37). The molecule has 0 aromatic carbocycles. The number of carbonyl (C=O) groups excluding carboxylic acids is 1. The SMILES string of the molecule is CCCN1CCC(OC(C)(C)C)=C(NC(=O)C(C(=N)N)C2NC3=C(F)CCC(CC)(CC3)C23CCCC3)C1. The van der Waals surface area contributed by atoms with Crippen LogP contribution in [0.1, 0.15) is 105 Å². The third kappa shape index (κ3) is 5.47. The maximum atomic E-state index is 15.2. The number of amidine groups is 1. The van der Waals surface area contributed by atoms with E-state index in [1.807, 2.05) is 20.8 Å². The number of ether oxygens (including phenoxy) is 1. The molecule has 2 bridgehead atoms. The molecule has 2 fully saturated rings. The number of allylic oxidation sites excluding steroid dienone is 2. The summed E-state index contributed by atoms with van der Waals surface area (Å²) < 4.78 is 21.5. The average Bonchev–Trinajstić information content (AvgIpc) is 3.23. The van der Waals surface area contributed by atoms with E-state index >= 15 is 4.39 Å². The van der Waals surface area contributed by atoms with E-state index in [9.17, 15) is 4.79 Å². The van der Waals surface area contributed by atoms with Crippen LogP contribution in [-0.4, -0.2) is 47.9 Å². The smallest absolute Gasteiger partial charge is 0.237 e. The third-order valence-electron chi connectivity index (χ3n) is 9.73. The molecule has 4 aliphatic rings. The van der Waals surface area contributed by atoms with E-state index in [0.29, 0.717) is 25.1 Å². The lowest BCUT2D eigenvalue weighted by atomic mass is 9.52. The lowest BCUT2D eigenvalue weighted by Crippen LogP contribution is -2.61. The Hall–Kier alpha value is -2.09. The van der Waals surface area contributed by atoms with Crippen molar-refractivity contribution in [2.75, 3.05) is 19.6 Å². The Kier molecular flexibility index (Phi) is 8.51. The van der Waals surface area contributed by atoms with E-state index in [0.717, 1.165) is 82.3 Å². The molecule has 2 heterocycles. The number of nitrogens with zero attached hydrogens (tertiary/aromatic N) is 1. The number of nitrogens with one attached hydrogen (secondary N) is 3. The molecule has 214 valence electrons. The fraction of sp³-hybridized carbons (Fsp3) is 0.800. The van der Waals surface area contributed by atoms with Crippen LogP contribution in [0.25, 0.3) is 0 Å². The first kappa shape index (κ1) is 28.9. The number of hydrogen-bond acceptors (Lipinski definition) is 5. The van der Waals surface area contributed by atoms with Gasteiger partial charge < -0.3 is 21.1 Å². The van der Waals surface area contributed by atoms with Crippen LogP contribution < -0.4 is 16.4 Å². The number of hydrogen-bond donors (Lipinski definition) is 4. The second kappa shape index (κ2) is 11.2. The van der Waals surface area contributed by atoms with Crippen molar-refractivity contribution >= 4 is 11.7 Å². The Morgan fingerprint density at radius 1 is 1.21 bits per heavy atom. The van der Waals surface area contributed by atoms with E-state index < -0.39 is 12.0 Å². The average molecular weight is 532 g/mol. The molecule has 3 atom stereocenters. The lowest BCUT2D eigenvalue weighted by Gasteiger charge is -2.54. The van der Waals surface area contributed by atoms with Gasteiger partial charge in [-0.3, -0.25) is 15.1 Å². The molecule has 1 spiro atoms. The van der Waals surface area contributed by atoms with Gasteiger partial charge in [0.2, 0.25) is 5.91 Å². The lowest BCUT2D eigenvalue weighted by molar-refractivity contribution is -0.126.